The van der Waals surface area contributed by atoms with Crippen molar-refractivity contribution in [3.63, 3.8) is 0 Å². The lowest BCUT2D eigenvalue weighted by Gasteiger charge is -2.17. The Morgan fingerprint density at radius 2 is 1.57 bits per heavy atom. The van der Waals surface area contributed by atoms with E-state index in [1.807, 2.05) is 30.3 Å². The van der Waals surface area contributed by atoms with Crippen LogP contribution >= 0.6 is 0 Å². The topological polar surface area (TPSA) is 61.4 Å². The minimum absolute atomic E-state index is 0.0135. The van der Waals surface area contributed by atoms with Crippen LogP contribution in [0.4, 0.5) is 11.4 Å². The number of rotatable bonds is 7. The standard InChI is InChI=1S/C23H27N3O2/c27-22(24-13-12-17-6-2-1-3-7-17)20-16-21(20)23(28)25-18-8-10-19(11-9-18)26-14-4-5-15-26/h1-3,6-11,20-21H,4-5,12-16H2,(H,24,27)(H,25,28). The van der Waals surface area contributed by atoms with Gasteiger partial charge in [0.1, 0.15) is 0 Å². The lowest BCUT2D eigenvalue weighted by molar-refractivity contribution is -0.125. The van der Waals surface area contributed by atoms with Crippen LogP contribution in [0.2, 0.25) is 0 Å². The van der Waals surface area contributed by atoms with Crippen molar-refractivity contribution in [2.24, 2.45) is 11.8 Å². The first-order valence-corrected chi connectivity index (χ1v) is 10.2. The summed E-state index contributed by atoms with van der Waals surface area (Å²) in [6.07, 6.45) is 3.93. The number of carbonyl (C=O) groups is 2. The predicted octanol–water partition coefficient (Wildman–Crippen LogP) is 3.22. The third-order valence-corrected chi connectivity index (χ3v) is 5.63. The van der Waals surface area contributed by atoms with Crippen LogP contribution < -0.4 is 15.5 Å². The molecular weight excluding hydrogens is 350 g/mol. The molecule has 2 atom stereocenters. The first-order chi connectivity index (χ1) is 13.7. The zero-order chi connectivity index (χ0) is 19.3. The Labute approximate surface area is 166 Å². The maximum Gasteiger partial charge on any atom is 0.228 e. The van der Waals surface area contributed by atoms with Crippen molar-refractivity contribution >= 4 is 23.2 Å². The SMILES string of the molecule is O=C(NCCc1ccccc1)C1CC1C(=O)Nc1ccc(N2CCCC2)cc1. The summed E-state index contributed by atoms with van der Waals surface area (Å²) in [7, 11) is 0. The Morgan fingerprint density at radius 1 is 0.893 bits per heavy atom. The number of benzene rings is 2. The van der Waals surface area contributed by atoms with Gasteiger partial charge in [-0.1, -0.05) is 30.3 Å². The third kappa shape index (κ3) is 4.53. The summed E-state index contributed by atoms with van der Waals surface area (Å²) < 4.78 is 0. The Morgan fingerprint density at radius 3 is 2.29 bits per heavy atom. The predicted molar refractivity (Wildman–Crippen MR) is 111 cm³/mol. The maximum absolute atomic E-state index is 12.4. The number of anilines is 2. The van der Waals surface area contributed by atoms with Gasteiger partial charge in [-0.05, 0) is 55.5 Å². The van der Waals surface area contributed by atoms with Crippen molar-refractivity contribution in [3.05, 3.63) is 60.2 Å². The first-order valence-electron chi connectivity index (χ1n) is 10.2. The van der Waals surface area contributed by atoms with Crippen LogP contribution in [-0.2, 0) is 16.0 Å². The molecule has 2 unspecified atom stereocenters. The highest BCUT2D eigenvalue weighted by Crippen LogP contribution is 2.39. The smallest absolute Gasteiger partial charge is 0.228 e. The van der Waals surface area contributed by atoms with Gasteiger partial charge in [-0.2, -0.15) is 0 Å². The fraction of sp³-hybridized carbons (Fsp3) is 0.391. The fourth-order valence-electron chi connectivity index (χ4n) is 3.85. The highest BCUT2D eigenvalue weighted by Gasteiger charge is 2.47. The maximum atomic E-state index is 12.4. The van der Waals surface area contributed by atoms with Gasteiger partial charge in [0.05, 0.1) is 11.8 Å². The Hall–Kier alpha value is -2.82. The highest BCUT2D eigenvalue weighted by molar-refractivity contribution is 5.99. The molecule has 1 aliphatic heterocycles. The largest absolute Gasteiger partial charge is 0.372 e. The second kappa shape index (κ2) is 8.46. The number of carbonyl (C=O) groups excluding carboxylic acids is 2. The van der Waals surface area contributed by atoms with Crippen LogP contribution in [-0.4, -0.2) is 31.4 Å². The number of nitrogens with zero attached hydrogens (tertiary/aromatic N) is 1. The van der Waals surface area contributed by atoms with E-state index in [1.54, 1.807) is 0 Å². The minimum atomic E-state index is -0.213. The van der Waals surface area contributed by atoms with Gasteiger partial charge < -0.3 is 15.5 Å². The first kappa shape index (κ1) is 18.5. The van der Waals surface area contributed by atoms with Crippen molar-refractivity contribution in [1.82, 2.24) is 5.32 Å². The van der Waals surface area contributed by atoms with E-state index in [-0.39, 0.29) is 23.7 Å². The van der Waals surface area contributed by atoms with E-state index >= 15 is 0 Å². The van der Waals surface area contributed by atoms with Gasteiger partial charge >= 0.3 is 0 Å². The normalized spacial score (nSPS) is 20.6. The van der Waals surface area contributed by atoms with Gasteiger partial charge in [-0.15, -0.1) is 0 Å². The molecule has 1 heterocycles. The van der Waals surface area contributed by atoms with Gasteiger partial charge in [0.15, 0.2) is 0 Å². The quantitative estimate of drug-likeness (QED) is 0.779. The van der Waals surface area contributed by atoms with Crippen molar-refractivity contribution in [1.29, 1.82) is 0 Å². The highest BCUT2D eigenvalue weighted by atomic mass is 16.2. The molecule has 0 aromatic heterocycles. The van der Waals surface area contributed by atoms with E-state index < -0.39 is 0 Å². The average molecular weight is 377 g/mol. The van der Waals surface area contributed by atoms with Crippen LogP contribution in [0.15, 0.2) is 54.6 Å². The summed E-state index contributed by atoms with van der Waals surface area (Å²) in [6, 6.07) is 18.1. The number of hydrogen-bond donors (Lipinski definition) is 2. The monoisotopic (exact) mass is 377 g/mol. The molecule has 0 radical (unpaired) electrons. The molecule has 5 nitrogen and oxygen atoms in total. The molecule has 4 rings (SSSR count). The van der Waals surface area contributed by atoms with E-state index in [4.69, 9.17) is 0 Å². The molecule has 1 saturated heterocycles. The van der Waals surface area contributed by atoms with Crippen LogP contribution in [0.5, 0.6) is 0 Å². The molecule has 2 aromatic rings. The molecule has 2 amide bonds. The summed E-state index contributed by atoms with van der Waals surface area (Å²) in [5.74, 6) is -0.479. The van der Waals surface area contributed by atoms with Crippen molar-refractivity contribution in [2.45, 2.75) is 25.7 Å². The summed E-state index contributed by atoms with van der Waals surface area (Å²) in [5.41, 5.74) is 3.20. The molecule has 2 aliphatic rings. The van der Waals surface area contributed by atoms with Crippen LogP contribution in [0.1, 0.15) is 24.8 Å². The second-order valence-corrected chi connectivity index (χ2v) is 7.71. The summed E-state index contributed by atoms with van der Waals surface area (Å²) in [6.45, 7) is 2.81. The molecule has 2 N–H and O–H groups in total. The van der Waals surface area contributed by atoms with E-state index in [1.165, 1.54) is 24.1 Å². The summed E-state index contributed by atoms with van der Waals surface area (Å²) in [4.78, 5) is 27.0. The number of hydrogen-bond acceptors (Lipinski definition) is 3. The lowest BCUT2D eigenvalue weighted by Crippen LogP contribution is -2.29. The van der Waals surface area contributed by atoms with Gasteiger partial charge in [0, 0.05) is 31.0 Å². The third-order valence-electron chi connectivity index (χ3n) is 5.63. The Kier molecular flexibility index (Phi) is 5.60. The summed E-state index contributed by atoms with van der Waals surface area (Å²) in [5, 5.41) is 5.91. The van der Waals surface area contributed by atoms with Gasteiger partial charge in [-0.25, -0.2) is 0 Å². The Bertz CT molecular complexity index is 814. The van der Waals surface area contributed by atoms with E-state index in [9.17, 15) is 9.59 Å². The van der Waals surface area contributed by atoms with Crippen LogP contribution in [0.3, 0.4) is 0 Å². The second-order valence-electron chi connectivity index (χ2n) is 7.71. The van der Waals surface area contributed by atoms with E-state index in [0.717, 1.165) is 25.2 Å². The summed E-state index contributed by atoms with van der Waals surface area (Å²) >= 11 is 0. The van der Waals surface area contributed by atoms with Gasteiger partial charge in [0.25, 0.3) is 0 Å². The molecular formula is C23H27N3O2. The van der Waals surface area contributed by atoms with Crippen molar-refractivity contribution in [2.75, 3.05) is 29.9 Å². The number of amides is 2. The van der Waals surface area contributed by atoms with Crippen molar-refractivity contribution < 1.29 is 9.59 Å². The van der Waals surface area contributed by atoms with Gasteiger partial charge in [0.2, 0.25) is 11.8 Å². The van der Waals surface area contributed by atoms with E-state index in [0.29, 0.717) is 13.0 Å². The fourth-order valence-corrected chi connectivity index (χ4v) is 3.85. The van der Waals surface area contributed by atoms with Crippen LogP contribution in [0, 0.1) is 11.8 Å². The molecule has 1 aliphatic carbocycles. The lowest BCUT2D eigenvalue weighted by atomic mass is 10.1. The average Bonchev–Trinajstić information content (AvgIpc) is 3.35. The molecule has 146 valence electrons. The molecule has 0 spiro atoms. The molecule has 1 saturated carbocycles. The molecule has 2 aromatic carbocycles. The molecule has 28 heavy (non-hydrogen) atoms. The van der Waals surface area contributed by atoms with Crippen molar-refractivity contribution in [3.8, 4) is 0 Å². The zero-order valence-electron chi connectivity index (χ0n) is 16.1. The molecule has 0 bridgehead atoms. The Balaban J connectivity index is 1.21. The van der Waals surface area contributed by atoms with Gasteiger partial charge in [-0.3, -0.25) is 9.59 Å². The minimum Gasteiger partial charge on any atom is -0.372 e. The number of nitrogens with one attached hydrogen (secondary N) is 2. The van der Waals surface area contributed by atoms with E-state index in [2.05, 4.69) is 39.8 Å². The molecule has 5 heteroatoms. The molecule has 2 fully saturated rings. The van der Waals surface area contributed by atoms with Crippen LogP contribution in [0.25, 0.3) is 0 Å². The zero-order valence-corrected chi connectivity index (χ0v) is 16.1.